The average molecular weight is 355 g/mol. The van der Waals surface area contributed by atoms with E-state index in [1.807, 2.05) is 0 Å². The molecule has 1 saturated carbocycles. The van der Waals surface area contributed by atoms with E-state index in [0.717, 1.165) is 5.56 Å². The average Bonchev–Trinajstić information content (AvgIpc) is 3.30. The van der Waals surface area contributed by atoms with Gasteiger partial charge in [0.25, 0.3) is 5.91 Å². The van der Waals surface area contributed by atoms with Crippen LogP contribution in [0.15, 0.2) is 24.0 Å². The Morgan fingerprint density at radius 3 is 3.04 bits per heavy atom. The quantitative estimate of drug-likeness (QED) is 0.621. The van der Waals surface area contributed by atoms with Gasteiger partial charge in [-0.1, -0.05) is 6.57 Å². The van der Waals surface area contributed by atoms with Gasteiger partial charge in [0, 0.05) is 17.1 Å². The second kappa shape index (κ2) is 6.12. The van der Waals surface area contributed by atoms with Crippen molar-refractivity contribution in [2.24, 2.45) is 0 Å². The molecule has 3 aromatic rings. The number of carbonyl (C=O) groups is 1. The van der Waals surface area contributed by atoms with Gasteiger partial charge >= 0.3 is 5.82 Å². The Kier molecular flexibility index (Phi) is 3.79. The molecule has 0 atom stereocenters. The molecule has 9 nitrogen and oxygen atoms in total. The van der Waals surface area contributed by atoms with Crippen molar-refractivity contribution in [2.75, 3.05) is 5.32 Å². The van der Waals surface area contributed by atoms with Crippen molar-refractivity contribution < 1.29 is 9.90 Å². The monoisotopic (exact) mass is 355 g/mol. The van der Waals surface area contributed by atoms with E-state index in [2.05, 4.69) is 30.4 Å². The fraction of sp³-hybridized carbons (Fsp3) is 0.267. The molecule has 1 amide bonds. The Bertz CT molecular complexity index is 947. The molecule has 0 saturated heterocycles. The molecule has 0 bridgehead atoms. The number of carbonyl (C=O) groups excluding carboxylic acids is 1. The molecule has 0 radical (unpaired) electrons. The first kappa shape index (κ1) is 15.5. The minimum Gasteiger partial charge on any atom is -0.393 e. The summed E-state index contributed by atoms with van der Waals surface area (Å²) in [7, 11) is 0. The maximum absolute atomic E-state index is 12.4. The van der Waals surface area contributed by atoms with Crippen LogP contribution in [0.3, 0.4) is 0 Å². The van der Waals surface area contributed by atoms with Crippen LogP contribution in [-0.4, -0.2) is 42.1 Å². The predicted octanol–water partition coefficient (Wildman–Crippen LogP) is 2.23. The summed E-state index contributed by atoms with van der Waals surface area (Å²) >= 11 is 1.34. The molecule has 0 aromatic carbocycles. The number of aliphatic hydroxyl groups excluding tert-OH is 1. The van der Waals surface area contributed by atoms with Crippen LogP contribution in [0.2, 0.25) is 0 Å². The minimum absolute atomic E-state index is 0.0631. The molecule has 0 unspecified atom stereocenters. The van der Waals surface area contributed by atoms with Gasteiger partial charge in [0.15, 0.2) is 0 Å². The highest BCUT2D eigenvalue weighted by Gasteiger charge is 2.32. The van der Waals surface area contributed by atoms with E-state index in [9.17, 15) is 9.90 Å². The molecule has 3 N–H and O–H groups in total. The number of rotatable bonds is 4. The van der Waals surface area contributed by atoms with E-state index in [1.165, 1.54) is 11.3 Å². The highest BCUT2D eigenvalue weighted by atomic mass is 32.1. The molecule has 0 aliphatic heterocycles. The van der Waals surface area contributed by atoms with Crippen LogP contribution >= 0.6 is 11.3 Å². The molecular formula is C15H13N7O2S. The number of amides is 1. The lowest BCUT2D eigenvalue weighted by Gasteiger charge is -2.29. The highest BCUT2D eigenvalue weighted by Crippen LogP contribution is 2.35. The number of hydrogen-bond donors (Lipinski definition) is 3. The summed E-state index contributed by atoms with van der Waals surface area (Å²) in [5.41, 5.74) is 1.42. The van der Waals surface area contributed by atoms with Gasteiger partial charge in [-0.2, -0.15) is 9.78 Å². The zero-order valence-corrected chi connectivity index (χ0v) is 13.7. The van der Waals surface area contributed by atoms with Gasteiger partial charge in [-0.3, -0.25) is 9.89 Å². The van der Waals surface area contributed by atoms with Crippen LogP contribution in [-0.2, 0) is 0 Å². The van der Waals surface area contributed by atoms with Gasteiger partial charge in [0.05, 0.1) is 30.2 Å². The molecule has 4 rings (SSSR count). The number of H-pyrrole nitrogens is 1. The Labute approximate surface area is 146 Å². The third kappa shape index (κ3) is 2.90. The van der Waals surface area contributed by atoms with Crippen LogP contribution in [0.25, 0.3) is 15.4 Å². The number of aromatic nitrogens is 5. The molecule has 0 spiro atoms. The van der Waals surface area contributed by atoms with E-state index >= 15 is 0 Å². The molecule has 1 fully saturated rings. The zero-order chi connectivity index (χ0) is 17.4. The number of nitrogens with zero attached hydrogens (tertiary/aromatic N) is 5. The molecular weight excluding hydrogens is 342 g/mol. The molecule has 25 heavy (non-hydrogen) atoms. The second-order valence-corrected chi connectivity index (χ2v) is 6.57. The van der Waals surface area contributed by atoms with Gasteiger partial charge in [0.1, 0.15) is 10.7 Å². The number of aliphatic hydroxyl groups is 1. The third-order valence-corrected chi connectivity index (χ3v) is 4.90. The number of aromatic amines is 1. The van der Waals surface area contributed by atoms with E-state index < -0.39 is 5.91 Å². The first-order chi connectivity index (χ1) is 12.1. The van der Waals surface area contributed by atoms with Crippen molar-refractivity contribution in [3.05, 3.63) is 41.1 Å². The summed E-state index contributed by atoms with van der Waals surface area (Å²) in [5, 5.41) is 25.2. The summed E-state index contributed by atoms with van der Waals surface area (Å²) in [6.45, 7) is 7.23. The van der Waals surface area contributed by atoms with Gasteiger partial charge in [-0.25, -0.2) is 4.98 Å². The van der Waals surface area contributed by atoms with E-state index in [1.54, 1.807) is 28.7 Å². The van der Waals surface area contributed by atoms with Gasteiger partial charge in [-0.15, -0.1) is 11.3 Å². The molecule has 3 aromatic heterocycles. The molecule has 1 aliphatic rings. The predicted molar refractivity (Wildman–Crippen MR) is 90.4 cm³/mol. The first-order valence-electron chi connectivity index (χ1n) is 7.54. The maximum atomic E-state index is 12.4. The van der Waals surface area contributed by atoms with Crippen molar-refractivity contribution in [2.45, 2.75) is 25.0 Å². The lowest BCUT2D eigenvalue weighted by atomic mass is 9.90. The molecule has 126 valence electrons. The standard InChI is InChI=1S/C15H13N7O2S/c1-16-13-11(6-22(21-13)9-2-10(23)3-9)19-14(24)12-7-25-15(20-12)8-4-17-18-5-8/h4-7,9-10,23H,2-3H2,(H,17,18)(H,19,24). The van der Waals surface area contributed by atoms with Crippen LogP contribution < -0.4 is 5.32 Å². The third-order valence-electron chi connectivity index (χ3n) is 4.01. The summed E-state index contributed by atoms with van der Waals surface area (Å²) < 4.78 is 1.63. The molecule has 1 aliphatic carbocycles. The SMILES string of the molecule is [C-]#[N+]c1nn(C2CC(O)C2)cc1NC(=O)c1csc(-c2cn[nH]c2)n1. The number of anilines is 1. The van der Waals surface area contributed by atoms with Crippen LogP contribution in [0.1, 0.15) is 29.4 Å². The van der Waals surface area contributed by atoms with Crippen molar-refractivity contribution in [3.8, 4) is 10.6 Å². The zero-order valence-electron chi connectivity index (χ0n) is 12.9. The largest absolute Gasteiger partial charge is 0.393 e. The summed E-state index contributed by atoms with van der Waals surface area (Å²) in [6.07, 6.45) is 5.85. The van der Waals surface area contributed by atoms with Crippen molar-refractivity contribution in [1.82, 2.24) is 25.0 Å². The van der Waals surface area contributed by atoms with Crippen LogP contribution in [0.5, 0.6) is 0 Å². The van der Waals surface area contributed by atoms with Gasteiger partial charge < -0.3 is 15.3 Å². The lowest BCUT2D eigenvalue weighted by molar-refractivity contribution is 0.0435. The fourth-order valence-electron chi connectivity index (χ4n) is 2.58. The normalized spacial score (nSPS) is 19.2. The number of nitrogens with one attached hydrogen (secondary N) is 2. The summed E-state index contributed by atoms with van der Waals surface area (Å²) in [6, 6.07) is 0.0631. The minimum atomic E-state index is -0.399. The van der Waals surface area contributed by atoms with Crippen LogP contribution in [0, 0.1) is 6.57 Å². The molecule has 3 heterocycles. The molecule has 10 heteroatoms. The topological polar surface area (TPSA) is 113 Å². The second-order valence-electron chi connectivity index (χ2n) is 5.72. The maximum Gasteiger partial charge on any atom is 0.318 e. The summed E-state index contributed by atoms with van der Waals surface area (Å²) in [4.78, 5) is 20.1. The Morgan fingerprint density at radius 1 is 1.52 bits per heavy atom. The Hall–Kier alpha value is -3.03. The van der Waals surface area contributed by atoms with Gasteiger partial charge in [-0.05, 0) is 17.9 Å². The number of thiazole rings is 1. The van der Waals surface area contributed by atoms with Gasteiger partial charge in [0.2, 0.25) is 0 Å². The smallest absolute Gasteiger partial charge is 0.318 e. The van der Waals surface area contributed by atoms with Crippen molar-refractivity contribution >= 4 is 28.7 Å². The van der Waals surface area contributed by atoms with E-state index in [-0.39, 0.29) is 23.7 Å². The van der Waals surface area contributed by atoms with Crippen molar-refractivity contribution in [1.29, 1.82) is 0 Å². The van der Waals surface area contributed by atoms with E-state index in [0.29, 0.717) is 23.5 Å². The Balaban J connectivity index is 1.52. The Morgan fingerprint density at radius 2 is 2.36 bits per heavy atom. The fourth-order valence-corrected chi connectivity index (χ4v) is 3.36. The van der Waals surface area contributed by atoms with E-state index in [4.69, 9.17) is 6.57 Å². The lowest BCUT2D eigenvalue weighted by Crippen LogP contribution is -2.31. The first-order valence-corrected chi connectivity index (χ1v) is 8.42. The highest BCUT2D eigenvalue weighted by molar-refractivity contribution is 7.13. The number of hydrogen-bond acceptors (Lipinski definition) is 6. The van der Waals surface area contributed by atoms with Crippen molar-refractivity contribution in [3.63, 3.8) is 0 Å². The van der Waals surface area contributed by atoms with Crippen LogP contribution in [0.4, 0.5) is 11.5 Å². The summed E-state index contributed by atoms with van der Waals surface area (Å²) in [5.74, 6) is -0.274.